The number of aromatic nitrogens is 2. The second-order valence-corrected chi connectivity index (χ2v) is 8.33. The summed E-state index contributed by atoms with van der Waals surface area (Å²) in [5, 5.41) is 2.10. The number of fused-ring (bicyclic) bond motifs is 2. The quantitative estimate of drug-likeness (QED) is 0.361. The van der Waals surface area contributed by atoms with Crippen molar-refractivity contribution in [3.8, 4) is 0 Å². The zero-order valence-corrected chi connectivity index (χ0v) is 18.3. The van der Waals surface area contributed by atoms with Gasteiger partial charge in [0.05, 0.1) is 11.0 Å². The molecule has 7 heteroatoms. The van der Waals surface area contributed by atoms with Gasteiger partial charge in [0.2, 0.25) is 11.8 Å². The smallest absolute Gasteiger partial charge is 0.365 e. The Balaban J connectivity index is 1.21. The third-order valence-corrected chi connectivity index (χ3v) is 6.31. The Morgan fingerprint density at radius 3 is 2.52 bits per heavy atom. The van der Waals surface area contributed by atoms with Gasteiger partial charge in [-0.2, -0.15) is 0 Å². The van der Waals surface area contributed by atoms with Gasteiger partial charge in [-0.05, 0) is 29.0 Å². The molecule has 2 aliphatic rings. The van der Waals surface area contributed by atoms with Gasteiger partial charge in [0.15, 0.2) is 5.70 Å². The third kappa shape index (κ3) is 3.42. The van der Waals surface area contributed by atoms with E-state index in [-0.39, 0.29) is 0 Å². The summed E-state index contributed by atoms with van der Waals surface area (Å²) in [7, 11) is 2.05. The molecule has 6 rings (SSSR count). The Morgan fingerprint density at radius 2 is 1.67 bits per heavy atom. The minimum Gasteiger partial charge on any atom is -0.402 e. The number of nitrogens with zero attached hydrogens (tertiary/aromatic N) is 5. The number of benzene rings is 3. The summed E-state index contributed by atoms with van der Waals surface area (Å²) >= 11 is 0. The molecule has 1 saturated heterocycles. The first kappa shape index (κ1) is 19.5. The van der Waals surface area contributed by atoms with Gasteiger partial charge < -0.3 is 19.1 Å². The van der Waals surface area contributed by atoms with Gasteiger partial charge in [-0.3, -0.25) is 0 Å². The van der Waals surface area contributed by atoms with Gasteiger partial charge >= 0.3 is 5.97 Å². The second kappa shape index (κ2) is 7.78. The highest BCUT2D eigenvalue weighted by Crippen LogP contribution is 2.25. The third-order valence-electron chi connectivity index (χ3n) is 6.31. The highest BCUT2D eigenvalue weighted by molar-refractivity contribution is 6.16. The summed E-state index contributed by atoms with van der Waals surface area (Å²) in [5.74, 6) is 0.928. The first-order valence-corrected chi connectivity index (χ1v) is 11.1. The molecule has 0 unspecified atom stereocenters. The fraction of sp³-hybridized carbons (Fsp3) is 0.192. The van der Waals surface area contributed by atoms with Gasteiger partial charge in [-0.15, -0.1) is 0 Å². The fourth-order valence-corrected chi connectivity index (χ4v) is 4.57. The number of rotatable bonds is 3. The van der Waals surface area contributed by atoms with Crippen LogP contribution in [0.15, 0.2) is 83.6 Å². The lowest BCUT2D eigenvalue weighted by Crippen LogP contribution is -2.45. The van der Waals surface area contributed by atoms with Crippen molar-refractivity contribution in [2.75, 3.05) is 31.1 Å². The maximum absolute atomic E-state index is 12.5. The minimum absolute atomic E-state index is 0.342. The van der Waals surface area contributed by atoms with Crippen molar-refractivity contribution >= 4 is 39.6 Å². The average molecular weight is 438 g/mol. The molecule has 0 N–H and O–H groups in total. The van der Waals surface area contributed by atoms with E-state index < -0.39 is 5.97 Å². The lowest BCUT2D eigenvalue weighted by Gasteiger charge is -2.34. The topological polar surface area (TPSA) is 63.0 Å². The number of para-hydroxylation sites is 2. The Kier molecular flexibility index (Phi) is 4.61. The zero-order chi connectivity index (χ0) is 22.4. The molecule has 0 atom stereocenters. The Bertz CT molecular complexity index is 1440. The summed E-state index contributed by atoms with van der Waals surface area (Å²) in [6.45, 7) is 3.18. The monoisotopic (exact) mass is 437 g/mol. The number of hydrogen-bond acceptors (Lipinski definition) is 6. The van der Waals surface area contributed by atoms with Crippen LogP contribution in [-0.2, 0) is 16.6 Å². The number of aryl methyl sites for hydroxylation is 1. The maximum Gasteiger partial charge on any atom is 0.365 e. The van der Waals surface area contributed by atoms with Crippen LogP contribution in [0, 0.1) is 0 Å². The van der Waals surface area contributed by atoms with Crippen molar-refractivity contribution in [3.63, 3.8) is 0 Å². The lowest BCUT2D eigenvalue weighted by atomic mass is 10.0. The van der Waals surface area contributed by atoms with Crippen LogP contribution in [0.1, 0.15) is 5.56 Å². The van der Waals surface area contributed by atoms with Crippen molar-refractivity contribution in [1.29, 1.82) is 0 Å². The summed E-state index contributed by atoms with van der Waals surface area (Å²) in [6.07, 6.45) is 1.83. The number of hydrogen-bond donors (Lipinski definition) is 0. The summed E-state index contributed by atoms with van der Waals surface area (Å²) < 4.78 is 7.68. The van der Waals surface area contributed by atoms with Crippen molar-refractivity contribution in [2.45, 2.75) is 0 Å². The SMILES string of the molecule is Cn1c(N2CCN(C=C3N=C(c4cccc5ccccc45)OC3=O)CC2)nc2ccccc21. The molecule has 2 aliphatic heterocycles. The van der Waals surface area contributed by atoms with Gasteiger partial charge in [0.25, 0.3) is 0 Å². The van der Waals surface area contributed by atoms with Gasteiger partial charge in [-0.1, -0.05) is 48.5 Å². The first-order chi connectivity index (χ1) is 16.2. The number of carbonyl (C=O) groups excluding carboxylic acids is 1. The molecule has 0 radical (unpaired) electrons. The normalized spacial score (nSPS) is 17.8. The predicted octanol–water partition coefficient (Wildman–Crippen LogP) is 3.69. The molecule has 0 aliphatic carbocycles. The van der Waals surface area contributed by atoms with E-state index in [2.05, 4.69) is 32.5 Å². The molecule has 1 fully saturated rings. The van der Waals surface area contributed by atoms with Gasteiger partial charge in [-0.25, -0.2) is 14.8 Å². The number of aliphatic imine (C=N–C) groups is 1. The zero-order valence-electron chi connectivity index (χ0n) is 18.3. The molecule has 0 amide bonds. The number of cyclic esters (lactones) is 1. The molecule has 33 heavy (non-hydrogen) atoms. The van der Waals surface area contributed by atoms with E-state index >= 15 is 0 Å². The van der Waals surface area contributed by atoms with Gasteiger partial charge in [0, 0.05) is 45.0 Å². The van der Waals surface area contributed by atoms with Crippen LogP contribution in [-0.4, -0.2) is 52.5 Å². The number of esters is 1. The number of ether oxygens (including phenoxy) is 1. The fourth-order valence-electron chi connectivity index (χ4n) is 4.57. The maximum atomic E-state index is 12.5. The van der Waals surface area contributed by atoms with E-state index in [9.17, 15) is 4.79 Å². The second-order valence-electron chi connectivity index (χ2n) is 8.33. The first-order valence-electron chi connectivity index (χ1n) is 11.1. The van der Waals surface area contributed by atoms with Crippen LogP contribution < -0.4 is 4.90 Å². The standard InChI is InChI=1S/C26H23N5O2/c1-29-23-12-5-4-11-21(23)28-26(29)31-15-13-30(14-16-31)17-22-25(32)33-24(27-22)20-10-6-8-18-7-2-3-9-19(18)20/h2-12,17H,13-16H2,1H3. The van der Waals surface area contributed by atoms with Crippen LogP contribution in [0.5, 0.6) is 0 Å². The van der Waals surface area contributed by atoms with Crippen LogP contribution >= 0.6 is 0 Å². The Morgan fingerprint density at radius 1 is 0.909 bits per heavy atom. The molecule has 1 aromatic heterocycles. The molecule has 3 heterocycles. The van der Waals surface area contributed by atoms with E-state index in [0.717, 1.165) is 59.5 Å². The Hall–Kier alpha value is -4.13. The van der Waals surface area contributed by atoms with E-state index in [1.165, 1.54) is 0 Å². The molecule has 4 aromatic rings. The van der Waals surface area contributed by atoms with E-state index in [1.807, 2.05) is 66.9 Å². The van der Waals surface area contributed by atoms with E-state index in [4.69, 9.17) is 9.72 Å². The van der Waals surface area contributed by atoms with E-state index in [0.29, 0.717) is 11.6 Å². The lowest BCUT2D eigenvalue weighted by molar-refractivity contribution is -0.130. The van der Waals surface area contributed by atoms with Crippen molar-refractivity contribution in [2.24, 2.45) is 12.0 Å². The molecule has 164 valence electrons. The molecular formula is C26H23N5O2. The van der Waals surface area contributed by atoms with Crippen LogP contribution in [0.25, 0.3) is 21.8 Å². The molecule has 0 bridgehead atoms. The number of piperazine rings is 1. The van der Waals surface area contributed by atoms with Crippen molar-refractivity contribution < 1.29 is 9.53 Å². The van der Waals surface area contributed by atoms with Crippen molar-refractivity contribution in [3.05, 3.63) is 84.2 Å². The minimum atomic E-state index is -0.407. The number of imidazole rings is 1. The van der Waals surface area contributed by atoms with Crippen molar-refractivity contribution in [1.82, 2.24) is 14.5 Å². The van der Waals surface area contributed by atoms with Crippen LogP contribution in [0.2, 0.25) is 0 Å². The molecule has 3 aromatic carbocycles. The largest absolute Gasteiger partial charge is 0.402 e. The molecule has 7 nitrogen and oxygen atoms in total. The van der Waals surface area contributed by atoms with Crippen LogP contribution in [0.4, 0.5) is 5.95 Å². The summed E-state index contributed by atoms with van der Waals surface area (Å²) in [6, 6.07) is 22.1. The van der Waals surface area contributed by atoms with Crippen LogP contribution in [0.3, 0.4) is 0 Å². The van der Waals surface area contributed by atoms with Gasteiger partial charge in [0.1, 0.15) is 0 Å². The molecule has 0 saturated carbocycles. The van der Waals surface area contributed by atoms with E-state index in [1.54, 1.807) is 0 Å². The predicted molar refractivity (Wildman–Crippen MR) is 129 cm³/mol. The number of anilines is 1. The molecule has 0 spiro atoms. The highest BCUT2D eigenvalue weighted by atomic mass is 16.6. The summed E-state index contributed by atoms with van der Waals surface area (Å²) in [5.41, 5.74) is 3.30. The number of carbonyl (C=O) groups is 1. The highest BCUT2D eigenvalue weighted by Gasteiger charge is 2.27. The summed E-state index contributed by atoms with van der Waals surface area (Å²) in [4.78, 5) is 26.3. The Labute approximate surface area is 191 Å². The average Bonchev–Trinajstić information content (AvgIpc) is 3.39. The molecular weight excluding hydrogens is 414 g/mol.